The minimum Gasteiger partial charge on any atom is -0.486 e. The Morgan fingerprint density at radius 3 is 2.88 bits per heavy atom. The van der Waals surface area contributed by atoms with E-state index in [1.165, 1.54) is 0 Å². The van der Waals surface area contributed by atoms with Crippen molar-refractivity contribution in [3.63, 3.8) is 0 Å². The van der Waals surface area contributed by atoms with E-state index in [9.17, 15) is 5.11 Å². The number of aliphatic imine (C=N–C) groups is 1. The predicted octanol–water partition coefficient (Wildman–Crippen LogP) is 2.99. The summed E-state index contributed by atoms with van der Waals surface area (Å²) in [5, 5.41) is 14.2. The molecule has 0 saturated heterocycles. The zero-order valence-corrected chi connectivity index (χ0v) is 14.1. The van der Waals surface area contributed by atoms with Crippen molar-refractivity contribution in [2.24, 2.45) is 4.99 Å². The molecule has 4 rings (SSSR count). The minimum absolute atomic E-state index is 0.0839. The van der Waals surface area contributed by atoms with Gasteiger partial charge in [0.2, 0.25) is 5.90 Å². The molecule has 0 fully saturated rings. The molecule has 25 heavy (non-hydrogen) atoms. The molecule has 0 radical (unpaired) electrons. The van der Waals surface area contributed by atoms with E-state index >= 15 is 0 Å². The number of halogens is 1. The Morgan fingerprint density at radius 2 is 2.00 bits per heavy atom. The standard InChI is InChI=1S/C18H17ClN2O4/c19-12-2-3-13-14(8-12)20-10-21-18(13)25-9-15(22)11-1-4-16-17(7-11)24-6-5-23-16/h1-4,7-8,15,20,22H,5-6,9-10H2/t15-/m1/s1. The van der Waals surface area contributed by atoms with E-state index in [-0.39, 0.29) is 6.61 Å². The van der Waals surface area contributed by atoms with Gasteiger partial charge in [-0.3, -0.25) is 0 Å². The van der Waals surface area contributed by atoms with Gasteiger partial charge in [0.05, 0.1) is 5.56 Å². The number of hydrogen-bond acceptors (Lipinski definition) is 6. The van der Waals surface area contributed by atoms with Crippen LogP contribution in [0.15, 0.2) is 41.4 Å². The van der Waals surface area contributed by atoms with E-state index in [4.69, 9.17) is 25.8 Å². The summed E-state index contributed by atoms with van der Waals surface area (Å²) in [6.07, 6.45) is -0.802. The molecule has 0 unspecified atom stereocenters. The summed E-state index contributed by atoms with van der Waals surface area (Å²) >= 11 is 6.01. The van der Waals surface area contributed by atoms with Crippen LogP contribution in [-0.2, 0) is 4.74 Å². The lowest BCUT2D eigenvalue weighted by atomic mass is 10.1. The third-order valence-corrected chi connectivity index (χ3v) is 4.27. The van der Waals surface area contributed by atoms with Gasteiger partial charge in [-0.2, -0.15) is 0 Å². The van der Waals surface area contributed by atoms with Gasteiger partial charge in [0.1, 0.15) is 32.6 Å². The molecular weight excluding hydrogens is 344 g/mol. The summed E-state index contributed by atoms with van der Waals surface area (Å²) in [7, 11) is 0. The quantitative estimate of drug-likeness (QED) is 0.880. The van der Waals surface area contributed by atoms with Crippen molar-refractivity contribution >= 4 is 23.2 Å². The van der Waals surface area contributed by atoms with Crippen molar-refractivity contribution in [1.82, 2.24) is 0 Å². The van der Waals surface area contributed by atoms with Crippen LogP contribution >= 0.6 is 11.6 Å². The van der Waals surface area contributed by atoms with Gasteiger partial charge < -0.3 is 24.6 Å². The molecule has 6 nitrogen and oxygen atoms in total. The molecule has 0 spiro atoms. The molecule has 130 valence electrons. The Balaban J connectivity index is 1.46. The first-order valence-corrected chi connectivity index (χ1v) is 8.37. The maximum absolute atomic E-state index is 10.4. The average Bonchev–Trinajstić information content (AvgIpc) is 2.65. The fraction of sp³-hybridized carbons (Fsp3) is 0.278. The third-order valence-electron chi connectivity index (χ3n) is 4.03. The van der Waals surface area contributed by atoms with Crippen molar-refractivity contribution in [3.8, 4) is 11.5 Å². The first-order chi connectivity index (χ1) is 12.2. The second-order valence-corrected chi connectivity index (χ2v) is 6.15. The fourth-order valence-electron chi connectivity index (χ4n) is 2.78. The molecular formula is C18H17ClN2O4. The van der Waals surface area contributed by atoms with E-state index in [1.807, 2.05) is 12.1 Å². The van der Waals surface area contributed by atoms with Crippen LogP contribution in [0, 0.1) is 0 Å². The highest BCUT2D eigenvalue weighted by Gasteiger charge is 2.19. The second kappa shape index (κ2) is 6.82. The topological polar surface area (TPSA) is 72.3 Å². The third kappa shape index (κ3) is 3.36. The largest absolute Gasteiger partial charge is 0.486 e. The van der Waals surface area contributed by atoms with Crippen molar-refractivity contribution in [1.29, 1.82) is 0 Å². The van der Waals surface area contributed by atoms with Gasteiger partial charge >= 0.3 is 0 Å². The number of benzene rings is 2. The number of anilines is 1. The smallest absolute Gasteiger partial charge is 0.220 e. The lowest BCUT2D eigenvalue weighted by molar-refractivity contribution is 0.101. The molecule has 2 aliphatic rings. The zero-order chi connectivity index (χ0) is 17.2. The SMILES string of the molecule is O[C@H](COC1=NCNc2cc(Cl)ccc21)c1ccc2c(c1)OCCO2. The number of ether oxygens (including phenoxy) is 3. The van der Waals surface area contributed by atoms with E-state index in [2.05, 4.69) is 10.3 Å². The monoisotopic (exact) mass is 360 g/mol. The van der Waals surface area contributed by atoms with Crippen LogP contribution < -0.4 is 14.8 Å². The van der Waals surface area contributed by atoms with Gasteiger partial charge in [0.15, 0.2) is 11.5 Å². The Bertz CT molecular complexity index is 825. The Kier molecular flexibility index (Phi) is 4.38. The van der Waals surface area contributed by atoms with Crippen LogP contribution in [0.3, 0.4) is 0 Å². The molecule has 7 heteroatoms. The highest BCUT2D eigenvalue weighted by molar-refractivity contribution is 6.31. The molecule has 1 atom stereocenters. The lowest BCUT2D eigenvalue weighted by Crippen LogP contribution is -2.21. The fourth-order valence-corrected chi connectivity index (χ4v) is 2.95. The number of hydrogen-bond donors (Lipinski definition) is 2. The molecule has 2 N–H and O–H groups in total. The molecule has 0 aliphatic carbocycles. The van der Waals surface area contributed by atoms with Gasteiger partial charge in [-0.25, -0.2) is 4.99 Å². The van der Waals surface area contributed by atoms with E-state index in [0.29, 0.717) is 47.9 Å². The molecule has 2 aromatic rings. The van der Waals surface area contributed by atoms with Crippen LogP contribution in [0.1, 0.15) is 17.2 Å². The van der Waals surface area contributed by atoms with Crippen molar-refractivity contribution < 1.29 is 19.3 Å². The van der Waals surface area contributed by atoms with Gasteiger partial charge in [-0.15, -0.1) is 0 Å². The van der Waals surface area contributed by atoms with Crippen molar-refractivity contribution in [3.05, 3.63) is 52.5 Å². The molecule has 0 amide bonds. The number of aliphatic hydroxyl groups is 1. The van der Waals surface area contributed by atoms with Crippen LogP contribution in [0.2, 0.25) is 5.02 Å². The Hall–Kier alpha value is -2.44. The maximum atomic E-state index is 10.4. The first-order valence-electron chi connectivity index (χ1n) is 7.99. The molecule has 0 saturated carbocycles. The van der Waals surface area contributed by atoms with Crippen LogP contribution in [-0.4, -0.2) is 37.5 Å². The molecule has 2 aromatic carbocycles. The number of fused-ring (bicyclic) bond motifs is 2. The van der Waals surface area contributed by atoms with Gasteiger partial charge in [0, 0.05) is 10.7 Å². The predicted molar refractivity (Wildman–Crippen MR) is 94.8 cm³/mol. The summed E-state index contributed by atoms with van der Waals surface area (Å²) in [4.78, 5) is 4.32. The van der Waals surface area contributed by atoms with Crippen LogP contribution in [0.5, 0.6) is 11.5 Å². The first kappa shape index (κ1) is 16.1. The Labute approximate surface area is 150 Å². The summed E-state index contributed by atoms with van der Waals surface area (Å²) < 4.78 is 16.8. The zero-order valence-electron chi connectivity index (χ0n) is 13.4. The number of nitrogens with zero attached hydrogens (tertiary/aromatic N) is 1. The van der Waals surface area contributed by atoms with Gasteiger partial charge in [-0.1, -0.05) is 17.7 Å². The van der Waals surface area contributed by atoms with E-state index in [1.54, 1.807) is 24.3 Å². The van der Waals surface area contributed by atoms with Crippen LogP contribution in [0.25, 0.3) is 0 Å². The summed E-state index contributed by atoms with van der Waals surface area (Å²) in [5.74, 6) is 1.82. The lowest BCUT2D eigenvalue weighted by Gasteiger charge is -2.22. The van der Waals surface area contributed by atoms with Gasteiger partial charge in [0.25, 0.3) is 0 Å². The summed E-state index contributed by atoms with van der Waals surface area (Å²) in [6.45, 7) is 1.53. The summed E-state index contributed by atoms with van der Waals surface area (Å²) in [6, 6.07) is 10.8. The van der Waals surface area contributed by atoms with Crippen LogP contribution in [0.4, 0.5) is 5.69 Å². The minimum atomic E-state index is -0.802. The molecule has 2 heterocycles. The van der Waals surface area contributed by atoms with Crippen molar-refractivity contribution in [2.45, 2.75) is 6.10 Å². The molecule has 2 aliphatic heterocycles. The second-order valence-electron chi connectivity index (χ2n) is 5.72. The summed E-state index contributed by atoms with van der Waals surface area (Å²) in [5.41, 5.74) is 2.39. The number of rotatable bonds is 3. The average molecular weight is 361 g/mol. The highest BCUT2D eigenvalue weighted by Crippen LogP contribution is 2.33. The molecule has 0 bridgehead atoms. The number of aliphatic hydroxyl groups excluding tert-OH is 1. The molecule has 0 aromatic heterocycles. The highest BCUT2D eigenvalue weighted by atomic mass is 35.5. The van der Waals surface area contributed by atoms with E-state index in [0.717, 1.165) is 11.3 Å². The van der Waals surface area contributed by atoms with Gasteiger partial charge in [-0.05, 0) is 35.9 Å². The normalized spacial score (nSPS) is 16.3. The maximum Gasteiger partial charge on any atom is 0.220 e. The number of nitrogens with one attached hydrogen (secondary N) is 1. The Morgan fingerprint density at radius 1 is 1.16 bits per heavy atom. The van der Waals surface area contributed by atoms with Crippen molar-refractivity contribution in [2.75, 3.05) is 31.8 Å². The van der Waals surface area contributed by atoms with E-state index < -0.39 is 6.10 Å².